The first kappa shape index (κ1) is 7.29. The average molecular weight is 198 g/mol. The van der Waals surface area contributed by atoms with Gasteiger partial charge < -0.3 is 0 Å². The molecule has 0 aliphatic heterocycles. The summed E-state index contributed by atoms with van der Waals surface area (Å²) in [6, 6.07) is 3.45. The molecule has 1 unspecified atom stereocenters. The van der Waals surface area contributed by atoms with Crippen LogP contribution in [0.2, 0.25) is 0 Å². The maximum absolute atomic E-state index is 10.5. The van der Waals surface area contributed by atoms with E-state index in [0.29, 0.717) is 5.56 Å². The fraction of sp³-hybridized carbons (Fsp3) is 0. The van der Waals surface area contributed by atoms with Crippen LogP contribution in [0.3, 0.4) is 0 Å². The zero-order valence-electron chi connectivity index (χ0n) is 5.24. The number of carbonyl (C=O) groups excluding carboxylic acids is 1. The van der Waals surface area contributed by atoms with Crippen molar-refractivity contribution in [1.82, 2.24) is 4.98 Å². The second-order valence-corrected chi connectivity index (χ2v) is 3.08. The average Bonchev–Trinajstić information content (AvgIpc) is 1.88. The van der Waals surface area contributed by atoms with Gasteiger partial charge in [-0.3, -0.25) is 0 Å². The van der Waals surface area contributed by atoms with E-state index >= 15 is 0 Å². The van der Waals surface area contributed by atoms with Crippen LogP contribution in [0.1, 0.15) is 10.4 Å². The van der Waals surface area contributed by atoms with Crippen LogP contribution in [0.15, 0.2) is 18.3 Å². The van der Waals surface area contributed by atoms with Crippen molar-refractivity contribution in [2.75, 3.05) is 0 Å². The standard InChI is InChI=1S/C6H7AsN2O/c7-5-2-1-4(3-9-5)6(8)10/h1-3H,7H2,(H2,8,10). The third-order valence-electron chi connectivity index (χ3n) is 1.07. The molecule has 0 bridgehead atoms. The molecule has 0 aliphatic carbocycles. The Balaban J connectivity index is 3.00. The molecule has 0 aliphatic rings. The van der Waals surface area contributed by atoms with Crippen molar-refractivity contribution in [3.8, 4) is 0 Å². The van der Waals surface area contributed by atoms with Crippen molar-refractivity contribution in [2.45, 2.75) is 0 Å². The van der Waals surface area contributed by atoms with Crippen LogP contribution in [0.25, 0.3) is 0 Å². The third kappa shape index (κ3) is 1.58. The van der Waals surface area contributed by atoms with Crippen LogP contribution in [0.5, 0.6) is 0 Å². The van der Waals surface area contributed by atoms with Crippen LogP contribution < -0.4 is 10.2 Å². The van der Waals surface area contributed by atoms with Crippen molar-refractivity contribution in [1.29, 1.82) is 0 Å². The quantitative estimate of drug-likeness (QED) is 0.555. The Morgan fingerprint density at radius 2 is 2.30 bits per heavy atom. The van der Waals surface area contributed by atoms with Gasteiger partial charge in [-0.15, -0.1) is 0 Å². The van der Waals surface area contributed by atoms with Crippen molar-refractivity contribution in [3.63, 3.8) is 0 Å². The van der Waals surface area contributed by atoms with Gasteiger partial charge in [0.2, 0.25) is 0 Å². The summed E-state index contributed by atoms with van der Waals surface area (Å²) in [5.74, 6) is -0.431. The molecular formula is C6H7AsN2O. The molecule has 1 heterocycles. The molecule has 4 heteroatoms. The van der Waals surface area contributed by atoms with Gasteiger partial charge in [0.1, 0.15) is 0 Å². The summed E-state index contributed by atoms with van der Waals surface area (Å²) in [5, 5.41) is 0. The first-order chi connectivity index (χ1) is 4.70. The maximum atomic E-state index is 10.5. The summed E-state index contributed by atoms with van der Waals surface area (Å²) in [7, 11) is 0. The molecule has 0 saturated carbocycles. The fourth-order valence-electron chi connectivity index (χ4n) is 0.551. The molecule has 0 fully saturated rings. The number of primary amides is 1. The summed E-state index contributed by atoms with van der Waals surface area (Å²) < 4.78 is 0.942. The van der Waals surface area contributed by atoms with E-state index in [1.807, 2.05) is 0 Å². The predicted octanol–water partition coefficient (Wildman–Crippen LogP) is -1.56. The van der Waals surface area contributed by atoms with Crippen molar-refractivity contribution >= 4 is 27.2 Å². The van der Waals surface area contributed by atoms with E-state index in [1.165, 1.54) is 23.0 Å². The van der Waals surface area contributed by atoms with Gasteiger partial charge in [-0.2, -0.15) is 0 Å². The molecule has 0 radical (unpaired) electrons. The summed E-state index contributed by atoms with van der Waals surface area (Å²) in [6.45, 7) is 0. The molecular weight excluding hydrogens is 191 g/mol. The normalized spacial score (nSPS) is 9.30. The zero-order valence-corrected chi connectivity index (χ0v) is 7.66. The minimum atomic E-state index is -0.431. The summed E-state index contributed by atoms with van der Waals surface area (Å²) >= 11 is 1.43. The van der Waals surface area contributed by atoms with E-state index in [9.17, 15) is 4.79 Å². The number of nitrogens with zero attached hydrogens (tertiary/aromatic N) is 1. The van der Waals surface area contributed by atoms with Crippen molar-refractivity contribution < 1.29 is 4.79 Å². The fourth-order valence-corrected chi connectivity index (χ4v) is 0.909. The van der Waals surface area contributed by atoms with Gasteiger partial charge in [0.25, 0.3) is 0 Å². The number of carbonyl (C=O) groups is 1. The van der Waals surface area contributed by atoms with Gasteiger partial charge in [0, 0.05) is 0 Å². The molecule has 1 amide bonds. The number of nitrogens with two attached hydrogens (primary N) is 1. The molecule has 1 aromatic rings. The van der Waals surface area contributed by atoms with E-state index in [2.05, 4.69) is 4.98 Å². The van der Waals surface area contributed by atoms with Crippen molar-refractivity contribution in [3.05, 3.63) is 23.9 Å². The van der Waals surface area contributed by atoms with Gasteiger partial charge in [-0.1, -0.05) is 0 Å². The number of amides is 1. The van der Waals surface area contributed by atoms with Gasteiger partial charge in [0.15, 0.2) is 0 Å². The topological polar surface area (TPSA) is 56.0 Å². The molecule has 10 heavy (non-hydrogen) atoms. The van der Waals surface area contributed by atoms with Crippen LogP contribution in [-0.2, 0) is 0 Å². The molecule has 1 rings (SSSR count). The second-order valence-electron chi connectivity index (χ2n) is 1.84. The van der Waals surface area contributed by atoms with Gasteiger partial charge >= 0.3 is 66.6 Å². The Labute approximate surface area is 67.1 Å². The van der Waals surface area contributed by atoms with Crippen LogP contribution in [0.4, 0.5) is 0 Å². The molecule has 3 nitrogen and oxygen atoms in total. The monoisotopic (exact) mass is 198 g/mol. The number of pyridine rings is 1. The van der Waals surface area contributed by atoms with E-state index in [0.717, 1.165) is 4.48 Å². The molecule has 1 atom stereocenters. The number of aromatic nitrogens is 1. The second kappa shape index (κ2) is 2.84. The van der Waals surface area contributed by atoms with E-state index < -0.39 is 5.91 Å². The first-order valence-electron chi connectivity index (χ1n) is 2.71. The molecule has 1 aromatic heterocycles. The zero-order chi connectivity index (χ0) is 7.56. The molecule has 0 aromatic carbocycles. The third-order valence-corrected chi connectivity index (χ3v) is 1.79. The SMILES string of the molecule is NC(=O)c1ccc([AsH2])nc1. The Hall–Kier alpha value is -0.822. The first-order valence-corrected chi connectivity index (χ1v) is 3.92. The van der Waals surface area contributed by atoms with E-state index in [-0.39, 0.29) is 0 Å². The minimum absolute atomic E-state index is 0.431. The van der Waals surface area contributed by atoms with Gasteiger partial charge in [-0.05, 0) is 0 Å². The predicted molar refractivity (Wildman–Crippen MR) is 40.9 cm³/mol. The van der Waals surface area contributed by atoms with E-state index in [1.54, 1.807) is 12.1 Å². The molecule has 52 valence electrons. The number of hydrogen-bond donors (Lipinski definition) is 1. The Morgan fingerprint density at radius 1 is 1.60 bits per heavy atom. The summed E-state index contributed by atoms with van der Waals surface area (Å²) in [4.78, 5) is 14.4. The molecule has 0 saturated heterocycles. The van der Waals surface area contributed by atoms with Crippen LogP contribution in [0, 0.1) is 0 Å². The van der Waals surface area contributed by atoms with Crippen molar-refractivity contribution in [2.24, 2.45) is 5.73 Å². The van der Waals surface area contributed by atoms with Crippen LogP contribution >= 0.6 is 0 Å². The summed E-state index contributed by atoms with van der Waals surface area (Å²) in [6.07, 6.45) is 1.49. The molecule has 2 N–H and O–H groups in total. The van der Waals surface area contributed by atoms with Gasteiger partial charge in [-0.25, -0.2) is 0 Å². The number of hydrogen-bond acceptors (Lipinski definition) is 2. The Bertz CT molecular complexity index is 244. The molecule has 0 spiro atoms. The van der Waals surface area contributed by atoms with Crippen LogP contribution in [-0.4, -0.2) is 27.7 Å². The summed E-state index contributed by atoms with van der Waals surface area (Å²) in [5.41, 5.74) is 5.45. The Kier molecular flexibility index (Phi) is 2.07. The van der Waals surface area contributed by atoms with Gasteiger partial charge in [0.05, 0.1) is 0 Å². The van der Waals surface area contributed by atoms with E-state index in [4.69, 9.17) is 5.73 Å². The Morgan fingerprint density at radius 3 is 2.70 bits per heavy atom. The number of rotatable bonds is 1.